The zero-order chi connectivity index (χ0) is 47.9. The van der Waals surface area contributed by atoms with Gasteiger partial charge in [-0.25, -0.2) is 13.2 Å². The van der Waals surface area contributed by atoms with Gasteiger partial charge in [-0.2, -0.15) is 0 Å². The molecular formula is C49H46F3N9O7. The number of piperidine rings is 1. The van der Waals surface area contributed by atoms with Crippen molar-refractivity contribution in [2.24, 2.45) is 0 Å². The lowest BCUT2D eigenvalue weighted by atomic mass is 9.85. The number of carbonyl (C=O) groups excluding carboxylic acids is 6. The van der Waals surface area contributed by atoms with Crippen LogP contribution in [0.15, 0.2) is 96.4 Å². The number of alkyl halides is 2. The number of hydrogen-bond acceptors (Lipinski definition) is 11. The lowest BCUT2D eigenvalue weighted by Gasteiger charge is -2.32. The number of unbranched alkanes of at least 4 members (excludes halogenated alkanes) is 1. The Balaban J connectivity index is 0.821. The van der Waals surface area contributed by atoms with Crippen LogP contribution in [0.3, 0.4) is 0 Å². The number of fused-ring (bicyclic) bond motifs is 1. The molecule has 2 aromatic heterocycles. The van der Waals surface area contributed by atoms with Crippen LogP contribution in [0, 0.1) is 5.82 Å². The van der Waals surface area contributed by atoms with Crippen LogP contribution >= 0.6 is 0 Å². The van der Waals surface area contributed by atoms with Crippen LogP contribution in [-0.4, -0.2) is 84.6 Å². The van der Waals surface area contributed by atoms with Crippen molar-refractivity contribution in [2.75, 3.05) is 11.9 Å². The van der Waals surface area contributed by atoms with Gasteiger partial charge in [0.25, 0.3) is 29.6 Å². The van der Waals surface area contributed by atoms with Crippen LogP contribution in [0.4, 0.5) is 24.5 Å². The van der Waals surface area contributed by atoms with Crippen molar-refractivity contribution < 1.29 is 46.7 Å². The number of carbonyl (C=O) groups is 6. The van der Waals surface area contributed by atoms with E-state index in [4.69, 9.17) is 4.74 Å². The second-order valence-electron chi connectivity index (χ2n) is 17.6. The highest BCUT2D eigenvalue weighted by molar-refractivity contribution is 6.24. The van der Waals surface area contributed by atoms with Gasteiger partial charge in [-0.1, -0.05) is 41.6 Å². The molecule has 16 nitrogen and oxygen atoms in total. The lowest BCUT2D eigenvalue weighted by Crippen LogP contribution is -2.55. The fraction of sp³-hybridized carbons (Fsp3) is 0.327. The minimum absolute atomic E-state index is 0.00185. The standard InChI is InChI=1S/C49H46F3N9O7/c1-48(18-8-11-32-41(48)47(67)61(46(32)66)39-16-17-40(62)57-45(39)65)68-26-30-25-60(59-58-30)20-7-6-19-53-43(63)31-15-12-27(21-37(31)50)33-22-34-38(23-36(33)49(2,51)52)54-24-35(44(64)56-29-13-14-29)42(34)55-28-9-4-3-5-10-28/h3-5,8-12,15,21-25,29,39H,6-7,13-14,16-20,26H2,1-2H3,(H,53,63)(H,54,55)(H,56,64)(H,57,62,65). The molecule has 19 heteroatoms. The van der Waals surface area contributed by atoms with Crippen molar-refractivity contribution >= 4 is 57.7 Å². The molecule has 0 bridgehead atoms. The number of halogens is 3. The van der Waals surface area contributed by atoms with Gasteiger partial charge >= 0.3 is 0 Å². The first-order valence-corrected chi connectivity index (χ1v) is 22.3. The van der Waals surface area contributed by atoms with Crippen LogP contribution in [0.25, 0.3) is 22.0 Å². The Labute approximate surface area is 387 Å². The number of hydrogen-bond donors (Lipinski definition) is 4. The molecule has 1 saturated heterocycles. The van der Waals surface area contributed by atoms with Gasteiger partial charge in [0.1, 0.15) is 23.2 Å². The summed E-state index contributed by atoms with van der Waals surface area (Å²) in [5, 5.41) is 19.8. The quantitative estimate of drug-likeness (QED) is 0.0639. The van der Waals surface area contributed by atoms with Crippen LogP contribution in [0.1, 0.15) is 90.8 Å². The highest BCUT2D eigenvalue weighted by Gasteiger charge is 2.52. The molecule has 4 N–H and O–H groups in total. The van der Waals surface area contributed by atoms with E-state index in [-0.39, 0.29) is 83.3 Å². The molecule has 4 aliphatic rings. The summed E-state index contributed by atoms with van der Waals surface area (Å²) in [6, 6.07) is 14.4. The Kier molecular flexibility index (Phi) is 12.3. The molecule has 0 spiro atoms. The smallest absolute Gasteiger partial charge is 0.271 e. The summed E-state index contributed by atoms with van der Waals surface area (Å²) in [4.78, 5) is 83.0. The van der Waals surface area contributed by atoms with Crippen molar-refractivity contribution in [1.29, 1.82) is 0 Å². The number of imide groups is 2. The normalized spacial score (nSPS) is 19.4. The van der Waals surface area contributed by atoms with Gasteiger partial charge < -0.3 is 20.7 Å². The Morgan fingerprint density at radius 2 is 1.76 bits per heavy atom. The predicted molar refractivity (Wildman–Crippen MR) is 241 cm³/mol. The third kappa shape index (κ3) is 9.25. The fourth-order valence-electron chi connectivity index (χ4n) is 8.69. The summed E-state index contributed by atoms with van der Waals surface area (Å²) in [5.74, 6) is -7.77. The Hall–Kier alpha value is -7.54. The molecule has 0 radical (unpaired) electrons. The van der Waals surface area contributed by atoms with Crippen molar-refractivity contribution in [3.63, 3.8) is 0 Å². The largest absolute Gasteiger partial charge is 0.364 e. The number of aromatic nitrogens is 4. The molecule has 9 rings (SSSR count). The maximum atomic E-state index is 15.8. The van der Waals surface area contributed by atoms with Gasteiger partial charge in [-0.15, -0.1) is 5.10 Å². The average molecular weight is 930 g/mol. The highest BCUT2D eigenvalue weighted by atomic mass is 19.3. The number of ether oxygens (including phenoxy) is 1. The van der Waals surface area contributed by atoms with E-state index in [1.165, 1.54) is 30.5 Å². The molecule has 2 aliphatic heterocycles. The molecule has 2 unspecified atom stereocenters. The molecular weight excluding hydrogens is 884 g/mol. The maximum Gasteiger partial charge on any atom is 0.271 e. The predicted octanol–water partition coefficient (Wildman–Crippen LogP) is 6.30. The molecule has 3 aromatic carbocycles. The molecule has 2 aliphatic carbocycles. The van der Waals surface area contributed by atoms with Gasteiger partial charge in [-0.05, 0) is 93.0 Å². The minimum atomic E-state index is -3.37. The van der Waals surface area contributed by atoms with Crippen molar-refractivity contribution in [1.82, 2.24) is 40.8 Å². The van der Waals surface area contributed by atoms with E-state index < -0.39 is 58.5 Å². The molecule has 68 heavy (non-hydrogen) atoms. The zero-order valence-electron chi connectivity index (χ0n) is 37.0. The van der Waals surface area contributed by atoms with Crippen molar-refractivity contribution in [2.45, 2.75) is 95.6 Å². The average Bonchev–Trinajstić information content (AvgIpc) is 3.94. The Bertz CT molecular complexity index is 2960. The number of nitrogens with zero attached hydrogens (tertiary/aromatic N) is 5. The monoisotopic (exact) mass is 929 g/mol. The van der Waals surface area contributed by atoms with E-state index in [2.05, 4.69) is 36.6 Å². The minimum Gasteiger partial charge on any atom is -0.364 e. The second kappa shape index (κ2) is 18.3. The first kappa shape index (κ1) is 45.6. The molecule has 5 aromatic rings. The third-order valence-corrected chi connectivity index (χ3v) is 12.4. The van der Waals surface area contributed by atoms with E-state index >= 15 is 13.2 Å². The van der Waals surface area contributed by atoms with Crippen LogP contribution in [0.2, 0.25) is 0 Å². The number of para-hydroxylation sites is 1. The number of benzene rings is 3. The number of anilines is 2. The first-order chi connectivity index (χ1) is 32.6. The van der Waals surface area contributed by atoms with E-state index in [0.717, 1.165) is 30.7 Å². The second-order valence-corrected chi connectivity index (χ2v) is 17.6. The molecule has 2 atom stereocenters. The maximum absolute atomic E-state index is 15.8. The van der Waals surface area contributed by atoms with Crippen LogP contribution in [-0.2, 0) is 43.0 Å². The number of amides is 6. The number of rotatable bonds is 16. The molecule has 4 heterocycles. The fourth-order valence-corrected chi connectivity index (χ4v) is 8.69. The summed E-state index contributed by atoms with van der Waals surface area (Å²) in [7, 11) is 0. The third-order valence-electron chi connectivity index (χ3n) is 12.4. The summed E-state index contributed by atoms with van der Waals surface area (Å²) < 4.78 is 54.2. The number of aryl methyl sites for hydroxylation is 1. The number of pyridine rings is 1. The SMILES string of the molecule is CC1(OCc2cn(CCCCNC(=O)c3ccc(-c4cc5c(Nc6ccccc6)c(C(=O)NC6CC6)cnc5cc4C(C)(F)F)cc3F)nn2)CC=CC2=C1C(=O)N(C1CCC(=O)NC1=O)C2=O. The van der Waals surface area contributed by atoms with Gasteiger partial charge in [0.2, 0.25) is 11.8 Å². The molecule has 350 valence electrons. The van der Waals surface area contributed by atoms with Gasteiger partial charge in [0, 0.05) is 55.3 Å². The van der Waals surface area contributed by atoms with Gasteiger partial charge in [0.05, 0.1) is 46.3 Å². The molecule has 2 fully saturated rings. The first-order valence-electron chi connectivity index (χ1n) is 22.3. The topological polar surface area (TPSA) is 207 Å². The van der Waals surface area contributed by atoms with Crippen LogP contribution < -0.4 is 21.3 Å². The van der Waals surface area contributed by atoms with E-state index in [0.29, 0.717) is 41.8 Å². The summed E-state index contributed by atoms with van der Waals surface area (Å²) in [5.41, 5.74) is 0.348. The summed E-state index contributed by atoms with van der Waals surface area (Å²) >= 11 is 0. The summed E-state index contributed by atoms with van der Waals surface area (Å²) in [6.07, 6.45) is 9.36. The zero-order valence-corrected chi connectivity index (χ0v) is 37.0. The summed E-state index contributed by atoms with van der Waals surface area (Å²) in [6.45, 7) is 2.98. The van der Waals surface area contributed by atoms with E-state index in [9.17, 15) is 28.8 Å². The van der Waals surface area contributed by atoms with Crippen LogP contribution in [0.5, 0.6) is 0 Å². The van der Waals surface area contributed by atoms with Gasteiger partial charge in [-0.3, -0.25) is 48.6 Å². The number of nitrogens with one attached hydrogen (secondary N) is 4. The molecule has 1 saturated carbocycles. The lowest BCUT2D eigenvalue weighted by molar-refractivity contribution is -0.150. The van der Waals surface area contributed by atoms with Crippen molar-refractivity contribution in [3.8, 4) is 11.1 Å². The molecule has 6 amide bonds. The van der Waals surface area contributed by atoms with E-state index in [1.54, 1.807) is 42.1 Å². The van der Waals surface area contributed by atoms with E-state index in [1.807, 2.05) is 18.2 Å². The highest BCUT2D eigenvalue weighted by Crippen LogP contribution is 2.43. The van der Waals surface area contributed by atoms with Gasteiger partial charge in [0.15, 0.2) is 0 Å². The van der Waals surface area contributed by atoms with Crippen molar-refractivity contribution in [3.05, 3.63) is 125 Å². The Morgan fingerprint density at radius 3 is 2.50 bits per heavy atom. The Morgan fingerprint density at radius 1 is 0.971 bits per heavy atom.